The van der Waals surface area contributed by atoms with Crippen molar-refractivity contribution in [1.82, 2.24) is 4.98 Å². The molecule has 98 valence electrons. The van der Waals surface area contributed by atoms with E-state index in [9.17, 15) is 0 Å². The van der Waals surface area contributed by atoms with E-state index < -0.39 is 0 Å². The van der Waals surface area contributed by atoms with Gasteiger partial charge in [-0.2, -0.15) is 0 Å². The van der Waals surface area contributed by atoms with Gasteiger partial charge < -0.3 is 5.32 Å². The van der Waals surface area contributed by atoms with E-state index in [1.54, 1.807) is 0 Å². The highest BCUT2D eigenvalue weighted by molar-refractivity contribution is 9.10. The van der Waals surface area contributed by atoms with Gasteiger partial charge in [-0.3, -0.25) is 0 Å². The molecule has 2 aromatic rings. The molecule has 1 aromatic carbocycles. The molecule has 0 bridgehead atoms. The van der Waals surface area contributed by atoms with Gasteiger partial charge in [-0.15, -0.1) is 0 Å². The highest BCUT2D eigenvalue weighted by Crippen LogP contribution is 2.39. The predicted octanol–water partition coefficient (Wildman–Crippen LogP) is 4.64. The van der Waals surface area contributed by atoms with Crippen LogP contribution < -0.4 is 5.32 Å². The number of rotatable bonds is 4. The third-order valence-corrected chi connectivity index (χ3v) is 4.00. The number of hydrogen-bond acceptors (Lipinski definition) is 2. The number of nitrogens with zero attached hydrogens (tertiary/aromatic N) is 1. The van der Waals surface area contributed by atoms with E-state index in [0.29, 0.717) is 0 Å². The van der Waals surface area contributed by atoms with E-state index >= 15 is 0 Å². The van der Waals surface area contributed by atoms with Gasteiger partial charge in [-0.1, -0.05) is 24.3 Å². The van der Waals surface area contributed by atoms with Crippen LogP contribution >= 0.6 is 15.9 Å². The Morgan fingerprint density at radius 2 is 1.89 bits per heavy atom. The van der Waals surface area contributed by atoms with Crippen LogP contribution in [0.15, 0.2) is 41.0 Å². The van der Waals surface area contributed by atoms with Crippen molar-refractivity contribution in [2.24, 2.45) is 0 Å². The summed E-state index contributed by atoms with van der Waals surface area (Å²) in [6.45, 7) is 2.86. The fourth-order valence-electron chi connectivity index (χ4n) is 2.24. The van der Waals surface area contributed by atoms with E-state index in [0.717, 1.165) is 28.4 Å². The van der Waals surface area contributed by atoms with Crippen molar-refractivity contribution < 1.29 is 0 Å². The van der Waals surface area contributed by atoms with Crippen molar-refractivity contribution in [1.29, 1.82) is 0 Å². The predicted molar refractivity (Wildman–Crippen MR) is 82.4 cm³/mol. The van der Waals surface area contributed by atoms with Crippen molar-refractivity contribution in [3.8, 4) is 0 Å². The molecule has 0 aliphatic heterocycles. The normalized spacial score (nSPS) is 14.4. The summed E-state index contributed by atoms with van der Waals surface area (Å²) in [6, 6.07) is 13.0. The summed E-state index contributed by atoms with van der Waals surface area (Å²) in [5.41, 5.74) is 4.91. The average Bonchev–Trinajstić information content (AvgIpc) is 3.23. The maximum atomic E-state index is 4.39. The average molecular weight is 317 g/mol. The number of aryl methyl sites for hydroxylation is 1. The maximum absolute atomic E-state index is 4.39. The van der Waals surface area contributed by atoms with Gasteiger partial charge in [0.2, 0.25) is 0 Å². The highest BCUT2D eigenvalue weighted by Gasteiger charge is 2.22. The van der Waals surface area contributed by atoms with Crippen molar-refractivity contribution >= 4 is 21.6 Å². The molecule has 1 N–H and O–H groups in total. The lowest BCUT2D eigenvalue weighted by Gasteiger charge is -2.09. The molecule has 0 atom stereocenters. The summed E-state index contributed by atoms with van der Waals surface area (Å²) in [6.07, 6.45) is 2.72. The number of nitrogens with one attached hydrogen (secondary N) is 1. The first-order chi connectivity index (χ1) is 9.22. The molecular formula is C16H17BrN2. The molecule has 1 aliphatic carbocycles. The maximum Gasteiger partial charge on any atom is 0.106 e. The van der Waals surface area contributed by atoms with Gasteiger partial charge in [-0.05, 0) is 64.9 Å². The van der Waals surface area contributed by atoms with Crippen LogP contribution in [0, 0.1) is 6.92 Å². The van der Waals surface area contributed by atoms with E-state index in [4.69, 9.17) is 0 Å². The molecular weight excluding hydrogens is 300 g/mol. The van der Waals surface area contributed by atoms with Crippen molar-refractivity contribution in [2.75, 3.05) is 5.32 Å². The number of pyridine rings is 1. The third kappa shape index (κ3) is 3.16. The van der Waals surface area contributed by atoms with E-state index in [1.165, 1.54) is 24.0 Å². The van der Waals surface area contributed by atoms with Gasteiger partial charge in [0.15, 0.2) is 0 Å². The topological polar surface area (TPSA) is 24.9 Å². The molecule has 1 fully saturated rings. The summed E-state index contributed by atoms with van der Waals surface area (Å²) >= 11 is 3.38. The zero-order valence-corrected chi connectivity index (χ0v) is 12.6. The van der Waals surface area contributed by atoms with E-state index in [2.05, 4.69) is 56.6 Å². The molecule has 1 heterocycles. The Hall–Kier alpha value is -1.35. The zero-order valence-electron chi connectivity index (χ0n) is 11.0. The summed E-state index contributed by atoms with van der Waals surface area (Å²) in [7, 11) is 0. The zero-order chi connectivity index (χ0) is 13.2. The molecule has 2 nitrogen and oxygen atoms in total. The number of benzene rings is 1. The monoisotopic (exact) mass is 316 g/mol. The van der Waals surface area contributed by atoms with Crippen molar-refractivity contribution in [3.63, 3.8) is 0 Å². The smallest absolute Gasteiger partial charge is 0.106 e. The molecule has 0 unspecified atom stereocenters. The highest BCUT2D eigenvalue weighted by atomic mass is 79.9. The molecule has 1 aliphatic rings. The van der Waals surface area contributed by atoms with Gasteiger partial charge in [0, 0.05) is 6.54 Å². The molecule has 19 heavy (non-hydrogen) atoms. The SMILES string of the molecule is Cc1nc(Br)ccc1NCc1ccc(C2CC2)cc1. The van der Waals surface area contributed by atoms with Crippen LogP contribution in [0.25, 0.3) is 0 Å². The molecule has 3 heteroatoms. The largest absolute Gasteiger partial charge is 0.380 e. The number of aromatic nitrogens is 1. The molecule has 0 saturated heterocycles. The summed E-state index contributed by atoms with van der Waals surface area (Å²) in [4.78, 5) is 4.39. The van der Waals surface area contributed by atoms with Crippen LogP contribution in [0.1, 0.15) is 35.6 Å². The van der Waals surface area contributed by atoms with E-state index in [-0.39, 0.29) is 0 Å². The fourth-order valence-corrected chi connectivity index (χ4v) is 2.64. The minimum absolute atomic E-state index is 0.833. The van der Waals surface area contributed by atoms with Gasteiger partial charge in [0.05, 0.1) is 11.4 Å². The van der Waals surface area contributed by atoms with Gasteiger partial charge in [0.25, 0.3) is 0 Å². The standard InChI is InChI=1S/C16H17BrN2/c1-11-15(8-9-16(17)19-11)18-10-12-2-4-13(5-3-12)14-6-7-14/h2-5,8-9,14,18H,6-7,10H2,1H3. The van der Waals surface area contributed by atoms with Crippen LogP contribution in [0.2, 0.25) is 0 Å². The molecule has 1 saturated carbocycles. The number of anilines is 1. The lowest BCUT2D eigenvalue weighted by Crippen LogP contribution is -2.02. The van der Waals surface area contributed by atoms with Crippen LogP contribution in [-0.4, -0.2) is 4.98 Å². The molecule has 3 rings (SSSR count). The van der Waals surface area contributed by atoms with Crippen LogP contribution in [0.5, 0.6) is 0 Å². The van der Waals surface area contributed by atoms with Crippen LogP contribution in [0.4, 0.5) is 5.69 Å². The first kappa shape index (κ1) is 12.7. The Labute approximate surface area is 122 Å². The summed E-state index contributed by atoms with van der Waals surface area (Å²) in [5, 5.41) is 3.44. The Morgan fingerprint density at radius 3 is 2.53 bits per heavy atom. The Morgan fingerprint density at radius 1 is 1.16 bits per heavy atom. The van der Waals surface area contributed by atoms with E-state index in [1.807, 2.05) is 13.0 Å². The van der Waals surface area contributed by atoms with Crippen molar-refractivity contribution in [2.45, 2.75) is 32.2 Å². The summed E-state index contributed by atoms with van der Waals surface area (Å²) < 4.78 is 0.879. The first-order valence-corrected chi connectivity index (χ1v) is 7.47. The molecule has 0 radical (unpaired) electrons. The lowest BCUT2D eigenvalue weighted by atomic mass is 10.1. The van der Waals surface area contributed by atoms with Crippen LogP contribution in [0.3, 0.4) is 0 Å². The second-order valence-electron chi connectivity index (χ2n) is 5.14. The number of halogens is 1. The molecule has 0 amide bonds. The van der Waals surface area contributed by atoms with Crippen molar-refractivity contribution in [3.05, 3.63) is 57.8 Å². The Bertz CT molecular complexity index is 574. The lowest BCUT2D eigenvalue weighted by molar-refractivity contribution is 1.08. The van der Waals surface area contributed by atoms with Gasteiger partial charge in [-0.25, -0.2) is 4.98 Å². The van der Waals surface area contributed by atoms with Gasteiger partial charge in [0.1, 0.15) is 4.60 Å². The first-order valence-electron chi connectivity index (χ1n) is 6.68. The second kappa shape index (κ2) is 5.33. The minimum atomic E-state index is 0.833. The Balaban J connectivity index is 1.64. The van der Waals surface area contributed by atoms with Gasteiger partial charge >= 0.3 is 0 Å². The van der Waals surface area contributed by atoms with Crippen LogP contribution in [-0.2, 0) is 6.54 Å². The fraction of sp³-hybridized carbons (Fsp3) is 0.312. The number of hydrogen-bond donors (Lipinski definition) is 1. The Kier molecular flexibility index (Phi) is 3.56. The quantitative estimate of drug-likeness (QED) is 0.831. The second-order valence-corrected chi connectivity index (χ2v) is 5.95. The molecule has 1 aromatic heterocycles. The minimum Gasteiger partial charge on any atom is -0.380 e. The summed E-state index contributed by atoms with van der Waals surface area (Å²) in [5.74, 6) is 0.833. The molecule has 0 spiro atoms. The third-order valence-electron chi connectivity index (χ3n) is 3.56.